The molecule has 0 unspecified atom stereocenters. The Bertz CT molecular complexity index is 273. The van der Waals surface area contributed by atoms with Gasteiger partial charge in [0.1, 0.15) is 0 Å². The Morgan fingerprint density at radius 3 is 1.50 bits per heavy atom. The van der Waals surface area contributed by atoms with Crippen molar-refractivity contribution in [3.05, 3.63) is 35.9 Å². The third-order valence-corrected chi connectivity index (χ3v) is 1.25. The van der Waals surface area contributed by atoms with Gasteiger partial charge in [-0.15, -0.1) is 0 Å². The monoisotopic (exact) mass is 226 g/mol. The molecule has 0 radical (unpaired) electrons. The minimum Gasteiger partial charge on any atom is -0.481 e. The molecule has 0 aliphatic rings. The highest BCUT2D eigenvalue weighted by Crippen LogP contribution is 1.96. The summed E-state index contributed by atoms with van der Waals surface area (Å²) in [4.78, 5) is 18.0. The molecule has 4 heteroatoms. The highest BCUT2D eigenvalue weighted by Gasteiger charge is 1.79. The standard InChI is InChI=1S/C8H10.2C2H4O2/c1-2-8-6-4-3-5-7-8;2*1-2(3)4/h3-7H,2H2,1H3;2*1H3,(H,3,4). The van der Waals surface area contributed by atoms with Gasteiger partial charge in [-0.05, 0) is 12.0 Å². The van der Waals surface area contributed by atoms with Gasteiger partial charge in [-0.2, -0.15) is 0 Å². The van der Waals surface area contributed by atoms with E-state index in [1.54, 1.807) is 0 Å². The lowest BCUT2D eigenvalue weighted by Crippen LogP contribution is -1.78. The van der Waals surface area contributed by atoms with Gasteiger partial charge in [0.15, 0.2) is 0 Å². The number of carboxylic acid groups (broad SMARTS) is 2. The van der Waals surface area contributed by atoms with Gasteiger partial charge in [0.2, 0.25) is 0 Å². The van der Waals surface area contributed by atoms with Gasteiger partial charge >= 0.3 is 0 Å². The number of rotatable bonds is 1. The van der Waals surface area contributed by atoms with Crippen molar-refractivity contribution in [2.45, 2.75) is 27.2 Å². The van der Waals surface area contributed by atoms with E-state index in [2.05, 4.69) is 31.2 Å². The Kier molecular flexibility index (Phi) is 11.6. The molecule has 0 heterocycles. The number of carbonyl (C=O) groups is 2. The molecule has 0 saturated heterocycles. The van der Waals surface area contributed by atoms with E-state index >= 15 is 0 Å². The lowest BCUT2D eigenvalue weighted by atomic mass is 10.2. The number of benzene rings is 1. The Morgan fingerprint density at radius 2 is 1.31 bits per heavy atom. The molecule has 1 aromatic carbocycles. The van der Waals surface area contributed by atoms with Crippen molar-refractivity contribution >= 4 is 11.9 Å². The number of hydrogen-bond acceptors (Lipinski definition) is 2. The van der Waals surface area contributed by atoms with Crippen LogP contribution in [0.4, 0.5) is 0 Å². The van der Waals surface area contributed by atoms with Gasteiger partial charge in [0.05, 0.1) is 0 Å². The summed E-state index contributed by atoms with van der Waals surface area (Å²) in [5, 5.41) is 14.8. The van der Waals surface area contributed by atoms with E-state index in [0.29, 0.717) is 0 Å². The van der Waals surface area contributed by atoms with Crippen molar-refractivity contribution in [2.75, 3.05) is 0 Å². The molecule has 2 N–H and O–H groups in total. The molecule has 0 fully saturated rings. The van der Waals surface area contributed by atoms with Gasteiger partial charge in [0.25, 0.3) is 11.9 Å². The molecule has 16 heavy (non-hydrogen) atoms. The quantitative estimate of drug-likeness (QED) is 0.771. The molecule has 0 aliphatic carbocycles. The molecular weight excluding hydrogens is 208 g/mol. The molecule has 0 atom stereocenters. The lowest BCUT2D eigenvalue weighted by molar-refractivity contribution is -0.135. The molecule has 0 saturated carbocycles. The first kappa shape index (κ1) is 16.6. The summed E-state index contributed by atoms with van der Waals surface area (Å²) in [5.41, 5.74) is 1.41. The maximum Gasteiger partial charge on any atom is 0.300 e. The van der Waals surface area contributed by atoms with Gasteiger partial charge < -0.3 is 10.2 Å². The Balaban J connectivity index is 0. The van der Waals surface area contributed by atoms with E-state index in [9.17, 15) is 0 Å². The third kappa shape index (κ3) is 22.7. The molecule has 4 nitrogen and oxygen atoms in total. The summed E-state index contributed by atoms with van der Waals surface area (Å²) in [6.07, 6.45) is 1.14. The van der Waals surface area contributed by atoms with Crippen LogP contribution < -0.4 is 0 Å². The normalized spacial score (nSPS) is 7.69. The molecular formula is C12H18O4. The van der Waals surface area contributed by atoms with Crippen molar-refractivity contribution < 1.29 is 19.8 Å². The number of aryl methyl sites for hydroxylation is 1. The van der Waals surface area contributed by atoms with Crippen molar-refractivity contribution in [2.24, 2.45) is 0 Å². The second kappa shape index (κ2) is 11.2. The van der Waals surface area contributed by atoms with Gasteiger partial charge in [0, 0.05) is 13.8 Å². The van der Waals surface area contributed by atoms with Crippen LogP contribution in [0.1, 0.15) is 26.3 Å². The van der Waals surface area contributed by atoms with E-state index in [-0.39, 0.29) is 0 Å². The first-order valence-electron chi connectivity index (χ1n) is 4.83. The van der Waals surface area contributed by atoms with Crippen LogP contribution in [0.2, 0.25) is 0 Å². The van der Waals surface area contributed by atoms with E-state index in [1.165, 1.54) is 5.56 Å². The van der Waals surface area contributed by atoms with E-state index in [1.807, 2.05) is 6.07 Å². The molecule has 0 spiro atoms. The van der Waals surface area contributed by atoms with Crippen molar-refractivity contribution in [1.82, 2.24) is 0 Å². The van der Waals surface area contributed by atoms with Crippen LogP contribution in [-0.2, 0) is 16.0 Å². The first-order valence-corrected chi connectivity index (χ1v) is 4.83. The van der Waals surface area contributed by atoms with Crippen molar-refractivity contribution in [3.8, 4) is 0 Å². The SMILES string of the molecule is CC(=O)O.CC(=O)O.CCc1ccccc1. The third-order valence-electron chi connectivity index (χ3n) is 1.25. The number of aliphatic carboxylic acids is 2. The predicted octanol–water partition coefficient (Wildman–Crippen LogP) is 2.43. The number of carboxylic acids is 2. The molecule has 0 aromatic heterocycles. The second-order valence-electron chi connectivity index (χ2n) is 2.88. The molecule has 1 rings (SSSR count). The zero-order valence-electron chi connectivity index (χ0n) is 9.80. The minimum absolute atomic E-state index is 0.833. The summed E-state index contributed by atoms with van der Waals surface area (Å²) in [6, 6.07) is 10.5. The van der Waals surface area contributed by atoms with Crippen LogP contribution in [0.3, 0.4) is 0 Å². The van der Waals surface area contributed by atoms with Crippen molar-refractivity contribution in [3.63, 3.8) is 0 Å². The summed E-state index contributed by atoms with van der Waals surface area (Å²) >= 11 is 0. The molecule has 0 bridgehead atoms. The van der Waals surface area contributed by atoms with E-state index in [0.717, 1.165) is 20.3 Å². The summed E-state index contributed by atoms with van der Waals surface area (Å²) < 4.78 is 0. The average Bonchev–Trinajstić information content (AvgIpc) is 2.17. The maximum absolute atomic E-state index is 9.00. The fourth-order valence-electron chi connectivity index (χ4n) is 0.714. The Labute approximate surface area is 95.5 Å². The first-order chi connectivity index (χ1) is 7.40. The van der Waals surface area contributed by atoms with E-state index in [4.69, 9.17) is 19.8 Å². The minimum atomic E-state index is -0.833. The fourth-order valence-corrected chi connectivity index (χ4v) is 0.714. The van der Waals surface area contributed by atoms with Crippen molar-refractivity contribution in [1.29, 1.82) is 0 Å². The van der Waals surface area contributed by atoms with Crippen LogP contribution in [0.25, 0.3) is 0 Å². The Hall–Kier alpha value is -1.84. The summed E-state index contributed by atoms with van der Waals surface area (Å²) in [7, 11) is 0. The van der Waals surface area contributed by atoms with Crippen LogP contribution in [-0.4, -0.2) is 22.2 Å². The average molecular weight is 226 g/mol. The van der Waals surface area contributed by atoms with Gasteiger partial charge in [-0.3, -0.25) is 9.59 Å². The molecule has 0 aliphatic heterocycles. The maximum atomic E-state index is 9.00. The van der Waals surface area contributed by atoms with Gasteiger partial charge in [-0.25, -0.2) is 0 Å². The molecule has 1 aromatic rings. The fraction of sp³-hybridized carbons (Fsp3) is 0.333. The lowest BCUT2D eigenvalue weighted by Gasteiger charge is -1.89. The molecule has 0 amide bonds. The highest BCUT2D eigenvalue weighted by molar-refractivity contribution is 5.63. The zero-order chi connectivity index (χ0) is 13.0. The van der Waals surface area contributed by atoms with Gasteiger partial charge in [-0.1, -0.05) is 37.3 Å². The largest absolute Gasteiger partial charge is 0.481 e. The number of hydrogen-bond donors (Lipinski definition) is 2. The van der Waals surface area contributed by atoms with Crippen LogP contribution >= 0.6 is 0 Å². The van der Waals surface area contributed by atoms with Crippen LogP contribution in [0.5, 0.6) is 0 Å². The smallest absolute Gasteiger partial charge is 0.300 e. The van der Waals surface area contributed by atoms with E-state index < -0.39 is 11.9 Å². The Morgan fingerprint density at radius 1 is 1.00 bits per heavy atom. The highest BCUT2D eigenvalue weighted by atomic mass is 16.4. The summed E-state index contributed by atoms with van der Waals surface area (Å²) in [5.74, 6) is -1.67. The van der Waals surface area contributed by atoms with Crippen LogP contribution in [0, 0.1) is 0 Å². The van der Waals surface area contributed by atoms with Crippen LogP contribution in [0.15, 0.2) is 30.3 Å². The predicted molar refractivity (Wildman–Crippen MR) is 62.4 cm³/mol. The second-order valence-corrected chi connectivity index (χ2v) is 2.88. The zero-order valence-corrected chi connectivity index (χ0v) is 9.80. The topological polar surface area (TPSA) is 74.6 Å². The summed E-state index contributed by atoms with van der Waals surface area (Å²) in [6.45, 7) is 4.33. The molecule has 90 valence electrons.